The number of nitrogens with zero attached hydrogens (tertiary/aromatic N) is 4. The van der Waals surface area contributed by atoms with Crippen molar-refractivity contribution in [3.63, 3.8) is 0 Å². The lowest BCUT2D eigenvalue weighted by Crippen LogP contribution is -2.36. The van der Waals surface area contributed by atoms with Gasteiger partial charge in [0.2, 0.25) is 11.8 Å². The number of fused-ring (bicyclic) bond motifs is 1. The van der Waals surface area contributed by atoms with Gasteiger partial charge < -0.3 is 24.4 Å². The number of nitrogens with one attached hydrogen (secondary N) is 2. The number of carbonyl (C=O) groups is 1. The minimum absolute atomic E-state index is 0.124. The monoisotopic (exact) mass is 464 g/mol. The molecule has 0 spiro atoms. The number of hydrogen-bond acceptors (Lipinski definition) is 8. The van der Waals surface area contributed by atoms with Crippen LogP contribution in [0, 0.1) is 0 Å². The number of anilines is 2. The third-order valence-corrected chi connectivity index (χ3v) is 6.13. The summed E-state index contributed by atoms with van der Waals surface area (Å²) in [4.78, 5) is 22.4. The van der Waals surface area contributed by atoms with E-state index >= 15 is 0 Å². The Bertz CT molecular complexity index is 1180. The number of hydrogen-bond donors (Lipinski definition) is 2. The molecule has 10 heteroatoms. The molecule has 0 atom stereocenters. The van der Waals surface area contributed by atoms with Gasteiger partial charge in [0, 0.05) is 37.3 Å². The van der Waals surface area contributed by atoms with Gasteiger partial charge in [0.1, 0.15) is 5.82 Å². The summed E-state index contributed by atoms with van der Waals surface area (Å²) in [5.74, 6) is 1.47. The number of aryl methyl sites for hydroxylation is 2. The molecule has 1 aliphatic rings. The fourth-order valence-electron chi connectivity index (χ4n) is 3.65. The van der Waals surface area contributed by atoms with E-state index in [0.717, 1.165) is 54.5 Å². The number of ether oxygens (including phenoxy) is 1. The van der Waals surface area contributed by atoms with Gasteiger partial charge in [0.05, 0.1) is 30.0 Å². The Labute approximate surface area is 194 Å². The highest BCUT2D eigenvalue weighted by molar-refractivity contribution is 7.99. The molecule has 0 saturated carbocycles. The Hall–Kier alpha value is -3.37. The lowest BCUT2D eigenvalue weighted by Gasteiger charge is -2.28. The largest absolute Gasteiger partial charge is 0.416 e. The maximum Gasteiger partial charge on any atom is 0.277 e. The van der Waals surface area contributed by atoms with Crippen LogP contribution in [0.5, 0.6) is 0 Å². The molecule has 0 radical (unpaired) electrons. The minimum atomic E-state index is -0.124. The molecule has 0 aliphatic carbocycles. The topological polar surface area (TPSA) is 109 Å². The van der Waals surface area contributed by atoms with E-state index in [1.54, 1.807) is 0 Å². The summed E-state index contributed by atoms with van der Waals surface area (Å²) in [5, 5.41) is 11.4. The van der Waals surface area contributed by atoms with Crippen LogP contribution < -0.4 is 10.2 Å². The smallest absolute Gasteiger partial charge is 0.277 e. The first-order valence-corrected chi connectivity index (χ1v) is 11.8. The van der Waals surface area contributed by atoms with E-state index in [-0.39, 0.29) is 11.7 Å². The molecular formula is C23H24N6O3S. The molecule has 4 aromatic rings. The van der Waals surface area contributed by atoms with E-state index in [2.05, 4.69) is 30.4 Å². The molecule has 170 valence electrons. The fraction of sp³-hybridized carbons (Fsp3) is 0.304. The summed E-state index contributed by atoms with van der Waals surface area (Å²) >= 11 is 1.22. The Morgan fingerprint density at radius 2 is 1.88 bits per heavy atom. The number of imidazole rings is 1. The van der Waals surface area contributed by atoms with Gasteiger partial charge in [-0.2, -0.15) is 0 Å². The molecule has 1 fully saturated rings. The molecule has 9 nitrogen and oxygen atoms in total. The quantitative estimate of drug-likeness (QED) is 0.382. The third kappa shape index (κ3) is 5.52. The van der Waals surface area contributed by atoms with E-state index in [9.17, 15) is 4.79 Å². The molecule has 1 amide bonds. The highest BCUT2D eigenvalue weighted by atomic mass is 32.2. The first-order chi connectivity index (χ1) is 16.2. The molecule has 33 heavy (non-hydrogen) atoms. The van der Waals surface area contributed by atoms with Gasteiger partial charge in [-0.1, -0.05) is 23.9 Å². The van der Waals surface area contributed by atoms with Crippen LogP contribution in [-0.2, 0) is 22.4 Å². The van der Waals surface area contributed by atoms with Gasteiger partial charge in [0.15, 0.2) is 0 Å². The zero-order chi connectivity index (χ0) is 22.5. The predicted molar refractivity (Wildman–Crippen MR) is 127 cm³/mol. The molecular weight excluding hydrogens is 440 g/mol. The zero-order valence-corrected chi connectivity index (χ0v) is 18.8. The Kier molecular flexibility index (Phi) is 6.54. The Morgan fingerprint density at radius 1 is 1.06 bits per heavy atom. The second-order valence-electron chi connectivity index (χ2n) is 7.65. The van der Waals surface area contributed by atoms with Gasteiger partial charge in [-0.15, -0.1) is 10.2 Å². The van der Waals surface area contributed by atoms with Crippen molar-refractivity contribution in [2.24, 2.45) is 0 Å². The van der Waals surface area contributed by atoms with Gasteiger partial charge >= 0.3 is 0 Å². The zero-order valence-electron chi connectivity index (χ0n) is 18.0. The highest BCUT2D eigenvalue weighted by Gasteiger charge is 2.13. The van der Waals surface area contributed by atoms with Crippen LogP contribution in [0.15, 0.2) is 58.2 Å². The van der Waals surface area contributed by atoms with Gasteiger partial charge in [-0.25, -0.2) is 4.98 Å². The summed E-state index contributed by atoms with van der Waals surface area (Å²) in [5.41, 5.74) is 3.84. The molecule has 2 N–H and O–H groups in total. The average molecular weight is 465 g/mol. The summed E-state index contributed by atoms with van der Waals surface area (Å²) in [6.45, 7) is 3.25. The minimum Gasteiger partial charge on any atom is -0.416 e. The summed E-state index contributed by atoms with van der Waals surface area (Å²) in [6, 6.07) is 15.8. The molecule has 1 aliphatic heterocycles. The van der Waals surface area contributed by atoms with Crippen LogP contribution in [0.4, 0.5) is 11.4 Å². The summed E-state index contributed by atoms with van der Waals surface area (Å²) in [7, 11) is 0. The van der Waals surface area contributed by atoms with Crippen molar-refractivity contribution in [2.45, 2.75) is 18.1 Å². The van der Waals surface area contributed by atoms with Crippen LogP contribution in [-0.4, -0.2) is 58.1 Å². The maximum atomic E-state index is 12.3. The van der Waals surface area contributed by atoms with Crippen molar-refractivity contribution < 1.29 is 13.9 Å². The second kappa shape index (κ2) is 10.1. The standard InChI is InChI=1S/C23H24N6O3S/c30-21(24-16-5-7-17(8-6-16)29-11-13-31-14-12-29)15-33-23-28-27-22(32-23)10-9-20-25-18-3-1-2-4-19(18)26-20/h1-8H,9-15H2,(H,24,30)(H,25,26). The molecule has 3 heterocycles. The number of rotatable bonds is 8. The lowest BCUT2D eigenvalue weighted by molar-refractivity contribution is -0.113. The molecule has 0 bridgehead atoms. The Morgan fingerprint density at radius 3 is 2.70 bits per heavy atom. The molecule has 5 rings (SSSR count). The number of aromatic amines is 1. The lowest BCUT2D eigenvalue weighted by atomic mass is 10.2. The number of thioether (sulfide) groups is 1. The van der Waals surface area contributed by atoms with Crippen molar-refractivity contribution in [3.8, 4) is 0 Å². The van der Waals surface area contributed by atoms with Crippen molar-refractivity contribution in [1.82, 2.24) is 20.2 Å². The number of morpholine rings is 1. The first kappa shape index (κ1) is 21.5. The Balaban J connectivity index is 1.08. The highest BCUT2D eigenvalue weighted by Crippen LogP contribution is 2.21. The molecule has 0 unspecified atom stereocenters. The van der Waals surface area contributed by atoms with E-state index in [4.69, 9.17) is 9.15 Å². The first-order valence-electron chi connectivity index (χ1n) is 10.8. The van der Waals surface area contributed by atoms with Crippen LogP contribution >= 0.6 is 11.8 Å². The van der Waals surface area contributed by atoms with Crippen molar-refractivity contribution in [3.05, 3.63) is 60.2 Å². The van der Waals surface area contributed by atoms with Crippen LogP contribution in [0.2, 0.25) is 0 Å². The van der Waals surface area contributed by atoms with E-state index in [0.29, 0.717) is 24.0 Å². The summed E-state index contributed by atoms with van der Waals surface area (Å²) < 4.78 is 11.1. The predicted octanol–water partition coefficient (Wildman–Crippen LogP) is 3.30. The number of H-pyrrole nitrogens is 1. The van der Waals surface area contributed by atoms with Crippen LogP contribution in [0.25, 0.3) is 11.0 Å². The molecule has 2 aromatic heterocycles. The van der Waals surface area contributed by atoms with E-state index < -0.39 is 0 Å². The number of carbonyl (C=O) groups excluding carboxylic acids is 1. The van der Waals surface area contributed by atoms with Crippen molar-refractivity contribution in [2.75, 3.05) is 42.3 Å². The van der Waals surface area contributed by atoms with Crippen molar-refractivity contribution >= 4 is 40.1 Å². The molecule has 1 saturated heterocycles. The van der Waals surface area contributed by atoms with Crippen LogP contribution in [0.1, 0.15) is 11.7 Å². The second-order valence-corrected chi connectivity index (χ2v) is 8.57. The number of aromatic nitrogens is 4. The third-order valence-electron chi connectivity index (χ3n) is 5.32. The fourth-order valence-corrected chi connectivity index (χ4v) is 4.23. The normalized spacial score (nSPS) is 14.0. The molecule has 2 aromatic carbocycles. The number of para-hydroxylation sites is 2. The average Bonchev–Trinajstić information content (AvgIpc) is 3.49. The number of benzene rings is 2. The van der Waals surface area contributed by atoms with Crippen LogP contribution in [0.3, 0.4) is 0 Å². The van der Waals surface area contributed by atoms with E-state index in [1.807, 2.05) is 48.5 Å². The summed E-state index contributed by atoms with van der Waals surface area (Å²) in [6.07, 6.45) is 1.25. The van der Waals surface area contributed by atoms with E-state index in [1.165, 1.54) is 11.8 Å². The number of amides is 1. The van der Waals surface area contributed by atoms with Gasteiger partial charge in [0.25, 0.3) is 5.22 Å². The van der Waals surface area contributed by atoms with Gasteiger partial charge in [-0.3, -0.25) is 4.79 Å². The maximum absolute atomic E-state index is 12.3. The van der Waals surface area contributed by atoms with Crippen molar-refractivity contribution in [1.29, 1.82) is 0 Å². The van der Waals surface area contributed by atoms with Gasteiger partial charge in [-0.05, 0) is 36.4 Å². The SMILES string of the molecule is O=C(CSc1nnc(CCc2nc3ccccc3[nH]2)o1)Nc1ccc(N2CCOCC2)cc1.